The largest absolute Gasteiger partial charge is 0.383 e. The third-order valence-corrected chi connectivity index (χ3v) is 6.75. The Hall–Kier alpha value is -1.10. The van der Waals surface area contributed by atoms with Gasteiger partial charge in [-0.2, -0.15) is 0 Å². The summed E-state index contributed by atoms with van der Waals surface area (Å²) < 4.78 is 0. The van der Waals surface area contributed by atoms with E-state index < -0.39 is 11.2 Å². The minimum absolute atomic E-state index is 0.0568. The van der Waals surface area contributed by atoms with Gasteiger partial charge in [0.1, 0.15) is 11.2 Å². The number of hydrogen-bond acceptors (Lipinski definition) is 3. The Labute approximate surface area is 160 Å². The van der Waals surface area contributed by atoms with Gasteiger partial charge in [0, 0.05) is 5.02 Å². The lowest BCUT2D eigenvalue weighted by molar-refractivity contribution is -0.157. The summed E-state index contributed by atoms with van der Waals surface area (Å²) in [6.07, 6.45) is 3.58. The third kappa shape index (κ3) is 3.39. The van der Waals surface area contributed by atoms with Gasteiger partial charge < -0.3 is 15.5 Å². The van der Waals surface area contributed by atoms with Crippen LogP contribution >= 0.6 is 11.6 Å². The third-order valence-electron chi connectivity index (χ3n) is 6.39. The first-order valence-electron chi connectivity index (χ1n) is 9.68. The van der Waals surface area contributed by atoms with Crippen molar-refractivity contribution < 1.29 is 15.0 Å². The summed E-state index contributed by atoms with van der Waals surface area (Å²) >= 11 is 6.24. The fourth-order valence-electron chi connectivity index (χ4n) is 4.91. The van der Waals surface area contributed by atoms with Gasteiger partial charge in [-0.25, -0.2) is 0 Å². The van der Waals surface area contributed by atoms with E-state index in [1.807, 2.05) is 18.2 Å². The molecule has 0 spiro atoms. The molecule has 1 aromatic rings. The van der Waals surface area contributed by atoms with Gasteiger partial charge in [0.15, 0.2) is 0 Å². The highest BCUT2D eigenvalue weighted by Gasteiger charge is 2.49. The summed E-state index contributed by atoms with van der Waals surface area (Å²) in [5.41, 5.74) is -0.747. The molecule has 0 aliphatic heterocycles. The van der Waals surface area contributed by atoms with Gasteiger partial charge in [0.2, 0.25) is 0 Å². The van der Waals surface area contributed by atoms with Crippen molar-refractivity contribution in [2.24, 2.45) is 17.8 Å². The molecule has 1 saturated carbocycles. The van der Waals surface area contributed by atoms with E-state index in [2.05, 4.69) is 26.1 Å². The Morgan fingerprint density at radius 2 is 2.08 bits per heavy atom. The van der Waals surface area contributed by atoms with Crippen molar-refractivity contribution in [3.63, 3.8) is 0 Å². The van der Waals surface area contributed by atoms with Crippen molar-refractivity contribution in [3.05, 3.63) is 34.3 Å². The summed E-state index contributed by atoms with van der Waals surface area (Å²) in [6, 6.07) is 5.52. The molecule has 4 nitrogen and oxygen atoms in total. The predicted octanol–water partition coefficient (Wildman–Crippen LogP) is 3.41. The van der Waals surface area contributed by atoms with Crippen LogP contribution in [0.1, 0.15) is 57.6 Å². The molecule has 4 atom stereocenters. The van der Waals surface area contributed by atoms with Crippen LogP contribution in [0, 0.1) is 17.8 Å². The second kappa shape index (κ2) is 7.14. The van der Waals surface area contributed by atoms with Crippen molar-refractivity contribution in [2.75, 3.05) is 6.54 Å². The number of amides is 1. The monoisotopic (exact) mass is 379 g/mol. The number of halogens is 1. The number of fused-ring (bicyclic) bond motifs is 1. The maximum Gasteiger partial charge on any atom is 0.252 e. The molecule has 5 heteroatoms. The van der Waals surface area contributed by atoms with Gasteiger partial charge in [-0.05, 0) is 60.6 Å². The van der Waals surface area contributed by atoms with Gasteiger partial charge in [0.25, 0.3) is 5.91 Å². The normalized spacial score (nSPS) is 34.0. The molecule has 0 saturated heterocycles. The van der Waals surface area contributed by atoms with Gasteiger partial charge in [-0.1, -0.05) is 50.9 Å². The van der Waals surface area contributed by atoms with Crippen molar-refractivity contribution >= 4 is 17.5 Å². The van der Waals surface area contributed by atoms with Crippen LogP contribution in [-0.2, 0) is 16.8 Å². The van der Waals surface area contributed by atoms with E-state index in [-0.39, 0.29) is 24.3 Å². The predicted molar refractivity (Wildman–Crippen MR) is 103 cm³/mol. The molecule has 3 rings (SSSR count). The first-order valence-corrected chi connectivity index (χ1v) is 10.1. The molecule has 4 unspecified atom stereocenters. The highest BCUT2D eigenvalue weighted by molar-refractivity contribution is 6.31. The topological polar surface area (TPSA) is 69.6 Å². The van der Waals surface area contributed by atoms with Crippen LogP contribution in [0.25, 0.3) is 0 Å². The zero-order valence-corrected chi connectivity index (χ0v) is 16.6. The molecule has 1 aromatic carbocycles. The van der Waals surface area contributed by atoms with Crippen LogP contribution in [0.5, 0.6) is 0 Å². The maximum atomic E-state index is 13.0. The van der Waals surface area contributed by atoms with Crippen molar-refractivity contribution in [2.45, 2.75) is 64.1 Å². The van der Waals surface area contributed by atoms with Crippen molar-refractivity contribution in [1.82, 2.24) is 5.32 Å². The molecule has 0 aromatic heterocycles. The summed E-state index contributed by atoms with van der Waals surface area (Å²) in [5, 5.41) is 25.8. The smallest absolute Gasteiger partial charge is 0.252 e. The second-order valence-electron chi connectivity index (χ2n) is 8.64. The first kappa shape index (κ1) is 19.7. The quantitative estimate of drug-likeness (QED) is 0.750. The Bertz CT molecular complexity index is 692. The van der Waals surface area contributed by atoms with Crippen LogP contribution in [0.2, 0.25) is 5.02 Å². The second-order valence-corrected chi connectivity index (χ2v) is 9.05. The van der Waals surface area contributed by atoms with Crippen molar-refractivity contribution in [3.8, 4) is 0 Å². The van der Waals surface area contributed by atoms with E-state index in [1.165, 1.54) is 0 Å². The van der Waals surface area contributed by atoms with E-state index in [9.17, 15) is 15.0 Å². The molecule has 0 heterocycles. The fourth-order valence-corrected chi connectivity index (χ4v) is 5.18. The van der Waals surface area contributed by atoms with E-state index in [0.717, 1.165) is 24.0 Å². The van der Waals surface area contributed by atoms with E-state index in [1.54, 1.807) is 0 Å². The molecule has 26 heavy (non-hydrogen) atoms. The lowest BCUT2D eigenvalue weighted by Crippen LogP contribution is -2.57. The van der Waals surface area contributed by atoms with E-state index in [4.69, 9.17) is 11.6 Å². The molecular formula is C21H30ClNO3. The van der Waals surface area contributed by atoms with Crippen LogP contribution < -0.4 is 5.32 Å². The highest BCUT2D eigenvalue weighted by atomic mass is 35.5. The molecule has 0 bridgehead atoms. The lowest BCUT2D eigenvalue weighted by atomic mass is 9.66. The average Bonchev–Trinajstić information content (AvgIpc) is 2.91. The molecule has 144 valence electrons. The van der Waals surface area contributed by atoms with Crippen molar-refractivity contribution in [1.29, 1.82) is 0 Å². The minimum atomic E-state index is -1.36. The van der Waals surface area contributed by atoms with Crippen LogP contribution in [0.3, 0.4) is 0 Å². The maximum absolute atomic E-state index is 13.0. The summed E-state index contributed by atoms with van der Waals surface area (Å²) in [4.78, 5) is 13.0. The lowest BCUT2D eigenvalue weighted by Gasteiger charge is -2.43. The number of rotatable bonds is 4. The van der Waals surface area contributed by atoms with Gasteiger partial charge in [0.05, 0.1) is 6.54 Å². The van der Waals surface area contributed by atoms with Gasteiger partial charge in [-0.3, -0.25) is 4.79 Å². The zero-order chi connectivity index (χ0) is 19.1. The molecule has 3 N–H and O–H groups in total. The Morgan fingerprint density at radius 3 is 2.77 bits per heavy atom. The molecule has 2 aliphatic rings. The Kier molecular flexibility index (Phi) is 5.40. The molecular weight excluding hydrogens is 350 g/mol. The standard InChI is InChI=1S/C21H30ClNO3/c1-13(2)16-8-7-14(3)11-21(16,26)19(24)23-12-20(25)10-9-15-17(20)5-4-6-18(15)22/h4-6,13-14,16,25-26H,7-12H2,1-3H3,(H,23,24). The first-order chi connectivity index (χ1) is 12.2. The SMILES string of the molecule is CC1CCC(C(C)C)C(O)(C(=O)NCC2(O)CCc3c(Cl)cccc32)C1. The summed E-state index contributed by atoms with van der Waals surface area (Å²) in [5.74, 6) is 0.132. The number of aliphatic hydroxyl groups is 2. The number of carbonyl (C=O) groups excluding carboxylic acids is 1. The molecule has 0 radical (unpaired) electrons. The molecule has 2 aliphatic carbocycles. The number of benzene rings is 1. The van der Waals surface area contributed by atoms with Crippen LogP contribution in [0.15, 0.2) is 18.2 Å². The summed E-state index contributed by atoms with van der Waals surface area (Å²) in [6.45, 7) is 6.29. The highest BCUT2D eigenvalue weighted by Crippen LogP contribution is 2.42. The number of hydrogen-bond donors (Lipinski definition) is 3. The number of nitrogens with one attached hydrogen (secondary N) is 1. The molecule has 1 fully saturated rings. The van der Waals surface area contributed by atoms with Crippen LogP contribution in [-0.4, -0.2) is 28.3 Å². The van der Waals surface area contributed by atoms with Crippen LogP contribution in [0.4, 0.5) is 0 Å². The average molecular weight is 380 g/mol. The van der Waals surface area contributed by atoms with Gasteiger partial charge >= 0.3 is 0 Å². The summed E-state index contributed by atoms with van der Waals surface area (Å²) in [7, 11) is 0. The van der Waals surface area contributed by atoms with E-state index in [0.29, 0.717) is 30.2 Å². The fraction of sp³-hybridized carbons (Fsp3) is 0.667. The molecule has 1 amide bonds. The zero-order valence-electron chi connectivity index (χ0n) is 15.9. The minimum Gasteiger partial charge on any atom is -0.383 e. The Balaban J connectivity index is 1.75. The van der Waals surface area contributed by atoms with E-state index >= 15 is 0 Å². The Morgan fingerprint density at radius 1 is 1.35 bits per heavy atom. The van der Waals surface area contributed by atoms with Gasteiger partial charge in [-0.15, -0.1) is 0 Å². The number of carbonyl (C=O) groups is 1.